The molecule has 0 heterocycles. The van der Waals surface area contributed by atoms with Gasteiger partial charge in [-0.05, 0) is 30.3 Å². The van der Waals surface area contributed by atoms with E-state index in [0.29, 0.717) is 6.07 Å². The third-order valence-electron chi connectivity index (χ3n) is 2.37. The predicted molar refractivity (Wildman–Crippen MR) is 68.6 cm³/mol. The standard InChI is InChI=1S/C12H7ClF3NO2S/c13-9-6-8(2-4-10(9)14)20(18,19)17-7-1-3-11(15)12(16)5-7/h1-6,17H. The first-order valence-corrected chi connectivity index (χ1v) is 7.08. The Bertz CT molecular complexity index is 765. The molecule has 0 aliphatic rings. The first-order valence-electron chi connectivity index (χ1n) is 5.22. The van der Waals surface area contributed by atoms with E-state index in [1.165, 1.54) is 0 Å². The van der Waals surface area contributed by atoms with E-state index in [1.54, 1.807) is 0 Å². The minimum absolute atomic E-state index is 0.163. The molecule has 0 fully saturated rings. The average Bonchev–Trinajstić information content (AvgIpc) is 2.37. The van der Waals surface area contributed by atoms with E-state index >= 15 is 0 Å². The molecule has 3 nitrogen and oxygen atoms in total. The van der Waals surface area contributed by atoms with Crippen molar-refractivity contribution in [1.29, 1.82) is 0 Å². The van der Waals surface area contributed by atoms with Gasteiger partial charge < -0.3 is 0 Å². The van der Waals surface area contributed by atoms with E-state index in [9.17, 15) is 21.6 Å². The van der Waals surface area contributed by atoms with Crippen LogP contribution in [0.15, 0.2) is 41.3 Å². The molecule has 0 aliphatic carbocycles. The third-order valence-corrected chi connectivity index (χ3v) is 4.04. The van der Waals surface area contributed by atoms with E-state index in [4.69, 9.17) is 11.6 Å². The number of sulfonamides is 1. The van der Waals surface area contributed by atoms with Gasteiger partial charge >= 0.3 is 0 Å². The average molecular weight is 322 g/mol. The monoisotopic (exact) mass is 321 g/mol. The van der Waals surface area contributed by atoms with Crippen LogP contribution in [0.5, 0.6) is 0 Å². The summed E-state index contributed by atoms with van der Waals surface area (Å²) in [6.07, 6.45) is 0. The summed E-state index contributed by atoms with van der Waals surface area (Å²) in [6.45, 7) is 0. The Morgan fingerprint density at radius 2 is 1.55 bits per heavy atom. The van der Waals surface area contributed by atoms with Crippen molar-refractivity contribution in [2.75, 3.05) is 4.72 Å². The van der Waals surface area contributed by atoms with Gasteiger partial charge in [0.05, 0.1) is 15.6 Å². The topological polar surface area (TPSA) is 46.2 Å². The molecule has 8 heteroatoms. The van der Waals surface area contributed by atoms with E-state index in [2.05, 4.69) is 0 Å². The second-order valence-electron chi connectivity index (χ2n) is 3.81. The molecule has 106 valence electrons. The van der Waals surface area contributed by atoms with Crippen molar-refractivity contribution in [1.82, 2.24) is 0 Å². The van der Waals surface area contributed by atoms with Crippen LogP contribution < -0.4 is 4.72 Å². The fourth-order valence-corrected chi connectivity index (χ4v) is 2.74. The summed E-state index contributed by atoms with van der Waals surface area (Å²) in [5.74, 6) is -3.06. The number of nitrogens with one attached hydrogen (secondary N) is 1. The lowest BCUT2D eigenvalue weighted by Gasteiger charge is -2.08. The Labute approximate surface area is 118 Å². The molecule has 0 amide bonds. The van der Waals surface area contributed by atoms with Crippen LogP contribution in [-0.2, 0) is 10.0 Å². The molecule has 2 aromatic rings. The number of halogens is 4. The van der Waals surface area contributed by atoms with Gasteiger partial charge in [-0.2, -0.15) is 0 Å². The van der Waals surface area contributed by atoms with E-state index in [1.807, 2.05) is 4.72 Å². The van der Waals surface area contributed by atoms with Crippen LogP contribution in [0.3, 0.4) is 0 Å². The highest BCUT2D eigenvalue weighted by atomic mass is 35.5. The van der Waals surface area contributed by atoms with Crippen molar-refractivity contribution in [2.45, 2.75) is 4.90 Å². The summed E-state index contributed by atoms with van der Waals surface area (Å²) in [6, 6.07) is 5.34. The number of hydrogen-bond donors (Lipinski definition) is 1. The molecule has 0 bridgehead atoms. The molecule has 0 aliphatic heterocycles. The van der Waals surface area contributed by atoms with Crippen LogP contribution in [0.1, 0.15) is 0 Å². The molecule has 0 atom stereocenters. The lowest BCUT2D eigenvalue weighted by atomic mass is 10.3. The van der Waals surface area contributed by atoms with Gasteiger partial charge in [0.25, 0.3) is 10.0 Å². The summed E-state index contributed by atoms with van der Waals surface area (Å²) < 4.78 is 64.6. The van der Waals surface area contributed by atoms with Crippen LogP contribution in [0.2, 0.25) is 5.02 Å². The summed E-state index contributed by atoms with van der Waals surface area (Å²) in [4.78, 5) is -0.298. The zero-order valence-corrected chi connectivity index (χ0v) is 11.3. The van der Waals surface area contributed by atoms with Crippen molar-refractivity contribution in [3.63, 3.8) is 0 Å². The molecule has 20 heavy (non-hydrogen) atoms. The highest BCUT2D eigenvalue weighted by molar-refractivity contribution is 7.92. The summed E-state index contributed by atoms with van der Waals surface area (Å²) >= 11 is 5.49. The number of hydrogen-bond acceptors (Lipinski definition) is 2. The van der Waals surface area contributed by atoms with Gasteiger partial charge in [0.15, 0.2) is 11.6 Å². The number of rotatable bonds is 3. The number of anilines is 1. The molecule has 0 spiro atoms. The van der Waals surface area contributed by atoms with Gasteiger partial charge in [-0.1, -0.05) is 11.6 Å². The van der Waals surface area contributed by atoms with Crippen molar-refractivity contribution in [3.8, 4) is 0 Å². The zero-order chi connectivity index (χ0) is 14.9. The zero-order valence-electron chi connectivity index (χ0n) is 9.70. The maximum atomic E-state index is 13.0. The van der Waals surface area contributed by atoms with Gasteiger partial charge in [-0.25, -0.2) is 21.6 Å². The Hall–Kier alpha value is -1.73. The quantitative estimate of drug-likeness (QED) is 0.939. The maximum absolute atomic E-state index is 13.0. The third kappa shape index (κ3) is 3.05. The number of benzene rings is 2. The van der Waals surface area contributed by atoms with Crippen LogP contribution in [0.25, 0.3) is 0 Å². The molecule has 1 N–H and O–H groups in total. The first-order chi connectivity index (χ1) is 9.29. The highest BCUT2D eigenvalue weighted by Crippen LogP contribution is 2.22. The van der Waals surface area contributed by atoms with Crippen molar-refractivity contribution >= 4 is 27.3 Å². The molecule has 2 rings (SSSR count). The normalized spacial score (nSPS) is 11.4. The van der Waals surface area contributed by atoms with Crippen LogP contribution in [0.4, 0.5) is 18.9 Å². The predicted octanol–water partition coefficient (Wildman–Crippen LogP) is 3.56. The fraction of sp³-hybridized carbons (Fsp3) is 0. The van der Waals surface area contributed by atoms with Gasteiger partial charge in [0, 0.05) is 6.07 Å². The second kappa shape index (κ2) is 5.34. The largest absolute Gasteiger partial charge is 0.280 e. The Kier molecular flexibility index (Phi) is 3.92. The van der Waals surface area contributed by atoms with E-state index < -0.39 is 27.5 Å². The highest BCUT2D eigenvalue weighted by Gasteiger charge is 2.16. The molecule has 0 aromatic heterocycles. The minimum atomic E-state index is -4.07. The van der Waals surface area contributed by atoms with Crippen molar-refractivity contribution in [2.24, 2.45) is 0 Å². The molecule has 0 unspecified atom stereocenters. The lowest BCUT2D eigenvalue weighted by molar-refractivity contribution is 0.509. The molecular formula is C12H7ClF3NO2S. The van der Waals surface area contributed by atoms with Crippen LogP contribution >= 0.6 is 11.6 Å². The molecular weight excluding hydrogens is 315 g/mol. The molecule has 2 aromatic carbocycles. The molecule has 0 saturated heterocycles. The molecule has 0 radical (unpaired) electrons. The minimum Gasteiger partial charge on any atom is -0.280 e. The Morgan fingerprint density at radius 3 is 2.15 bits per heavy atom. The van der Waals surface area contributed by atoms with Crippen LogP contribution in [0, 0.1) is 17.5 Å². The van der Waals surface area contributed by atoms with E-state index in [-0.39, 0.29) is 15.6 Å². The summed E-state index contributed by atoms with van der Waals surface area (Å²) in [5.41, 5.74) is -0.163. The second-order valence-corrected chi connectivity index (χ2v) is 5.90. The SMILES string of the molecule is O=S(=O)(Nc1ccc(F)c(F)c1)c1ccc(F)c(Cl)c1. The summed E-state index contributed by atoms with van der Waals surface area (Å²) in [5, 5.41) is -0.363. The lowest BCUT2D eigenvalue weighted by Crippen LogP contribution is -2.13. The van der Waals surface area contributed by atoms with E-state index in [0.717, 1.165) is 30.3 Å². The van der Waals surface area contributed by atoms with Gasteiger partial charge in [-0.15, -0.1) is 0 Å². The Morgan fingerprint density at radius 1 is 0.900 bits per heavy atom. The van der Waals surface area contributed by atoms with Gasteiger partial charge in [0.1, 0.15) is 5.82 Å². The van der Waals surface area contributed by atoms with Crippen molar-refractivity contribution < 1.29 is 21.6 Å². The van der Waals surface area contributed by atoms with Gasteiger partial charge in [0.2, 0.25) is 0 Å². The molecule has 0 saturated carbocycles. The first kappa shape index (κ1) is 14.7. The smallest absolute Gasteiger partial charge is 0.261 e. The van der Waals surface area contributed by atoms with Crippen LogP contribution in [-0.4, -0.2) is 8.42 Å². The van der Waals surface area contributed by atoms with Crippen molar-refractivity contribution in [3.05, 3.63) is 58.9 Å². The fourth-order valence-electron chi connectivity index (χ4n) is 1.42. The maximum Gasteiger partial charge on any atom is 0.261 e. The van der Waals surface area contributed by atoms with Gasteiger partial charge in [-0.3, -0.25) is 4.72 Å². The summed E-state index contributed by atoms with van der Waals surface area (Å²) in [7, 11) is -4.07. The Balaban J connectivity index is 2.35.